The Labute approximate surface area is 166 Å². The van der Waals surface area contributed by atoms with Crippen LogP contribution in [0.15, 0.2) is 29.4 Å². The maximum Gasteiger partial charge on any atom is 0.409 e. The van der Waals surface area contributed by atoms with Gasteiger partial charge in [-0.25, -0.2) is 4.79 Å². The number of aromatic nitrogens is 1. The van der Waals surface area contributed by atoms with Crippen LogP contribution in [0.5, 0.6) is 0 Å². The normalized spacial score (nSPS) is 14.7. The summed E-state index contributed by atoms with van der Waals surface area (Å²) in [4.78, 5) is 24.7. The molecule has 0 aliphatic carbocycles. The molecule has 8 heteroatoms. The van der Waals surface area contributed by atoms with Crippen LogP contribution in [0.4, 0.5) is 4.79 Å². The summed E-state index contributed by atoms with van der Waals surface area (Å²) >= 11 is 0. The first kappa shape index (κ1) is 21.5. The van der Waals surface area contributed by atoms with Crippen LogP contribution in [0.2, 0.25) is 0 Å². The highest BCUT2D eigenvalue weighted by atomic mass is 127. The lowest BCUT2D eigenvalue weighted by molar-refractivity contribution is 0.0914. The fourth-order valence-electron chi connectivity index (χ4n) is 2.56. The molecule has 2 heterocycles. The van der Waals surface area contributed by atoms with E-state index in [9.17, 15) is 4.79 Å². The molecule has 0 saturated carbocycles. The van der Waals surface area contributed by atoms with Crippen molar-refractivity contribution in [1.29, 1.82) is 0 Å². The van der Waals surface area contributed by atoms with Gasteiger partial charge in [-0.1, -0.05) is 6.07 Å². The number of hydrogen-bond acceptors (Lipinski definition) is 4. The zero-order valence-electron chi connectivity index (χ0n) is 15.0. The van der Waals surface area contributed by atoms with Gasteiger partial charge in [0.25, 0.3) is 0 Å². The molecule has 7 nitrogen and oxygen atoms in total. The maximum absolute atomic E-state index is 11.8. The first-order valence-corrected chi connectivity index (χ1v) is 8.59. The Morgan fingerprint density at radius 3 is 2.56 bits per heavy atom. The molecule has 0 aromatic carbocycles. The smallest absolute Gasteiger partial charge is 0.409 e. The fraction of sp³-hybridized carbons (Fsp3) is 0.588. The Hall–Kier alpha value is -1.58. The van der Waals surface area contributed by atoms with E-state index in [0.29, 0.717) is 26.2 Å². The van der Waals surface area contributed by atoms with Crippen LogP contribution in [-0.4, -0.2) is 72.7 Å². The predicted molar refractivity (Wildman–Crippen MR) is 110 cm³/mol. The molecule has 0 bridgehead atoms. The van der Waals surface area contributed by atoms with Crippen LogP contribution in [0.1, 0.15) is 19.5 Å². The monoisotopic (exact) mass is 461 g/mol. The molecule has 0 spiro atoms. The van der Waals surface area contributed by atoms with E-state index in [1.807, 2.05) is 25.1 Å². The lowest BCUT2D eigenvalue weighted by Gasteiger charge is -2.35. The van der Waals surface area contributed by atoms with Crippen molar-refractivity contribution in [2.75, 3.05) is 45.9 Å². The van der Waals surface area contributed by atoms with E-state index in [1.54, 1.807) is 11.1 Å². The maximum atomic E-state index is 11.8. The minimum Gasteiger partial charge on any atom is -0.450 e. The SMILES string of the molecule is CCNC(=NCCc1ccccn1)N1CCN(C(=O)OCC)CC1.I. The van der Waals surface area contributed by atoms with Crippen LogP contribution < -0.4 is 5.32 Å². The van der Waals surface area contributed by atoms with Crippen molar-refractivity contribution in [3.8, 4) is 0 Å². The molecule has 1 aliphatic heterocycles. The highest BCUT2D eigenvalue weighted by molar-refractivity contribution is 14.0. The number of rotatable bonds is 5. The molecule has 1 amide bonds. The molecule has 1 saturated heterocycles. The third-order valence-corrected chi connectivity index (χ3v) is 3.80. The summed E-state index contributed by atoms with van der Waals surface area (Å²) in [5, 5.41) is 3.33. The van der Waals surface area contributed by atoms with Gasteiger partial charge in [0.2, 0.25) is 0 Å². The van der Waals surface area contributed by atoms with Gasteiger partial charge in [0.15, 0.2) is 5.96 Å². The molecule has 140 valence electrons. The van der Waals surface area contributed by atoms with E-state index < -0.39 is 0 Å². The van der Waals surface area contributed by atoms with Crippen LogP contribution in [0.3, 0.4) is 0 Å². The van der Waals surface area contributed by atoms with Crippen LogP contribution >= 0.6 is 24.0 Å². The van der Waals surface area contributed by atoms with Gasteiger partial charge in [-0.15, -0.1) is 24.0 Å². The van der Waals surface area contributed by atoms with E-state index >= 15 is 0 Å². The van der Waals surface area contributed by atoms with E-state index in [4.69, 9.17) is 9.73 Å². The van der Waals surface area contributed by atoms with Crippen molar-refractivity contribution < 1.29 is 9.53 Å². The Balaban J connectivity index is 0.00000312. The molecule has 0 radical (unpaired) electrons. The van der Waals surface area contributed by atoms with Gasteiger partial charge in [-0.2, -0.15) is 0 Å². The van der Waals surface area contributed by atoms with Gasteiger partial charge in [0, 0.05) is 57.6 Å². The largest absolute Gasteiger partial charge is 0.450 e. The molecule has 1 aromatic heterocycles. The molecule has 1 aromatic rings. The highest BCUT2D eigenvalue weighted by Gasteiger charge is 2.23. The number of nitrogens with zero attached hydrogens (tertiary/aromatic N) is 4. The number of carbonyl (C=O) groups excluding carboxylic acids is 1. The fourth-order valence-corrected chi connectivity index (χ4v) is 2.56. The number of carbonyl (C=O) groups is 1. The zero-order valence-corrected chi connectivity index (χ0v) is 17.3. The summed E-state index contributed by atoms with van der Waals surface area (Å²) in [6.45, 7) is 8.64. The number of amides is 1. The molecule has 25 heavy (non-hydrogen) atoms. The van der Waals surface area contributed by atoms with Crippen molar-refractivity contribution in [2.24, 2.45) is 4.99 Å². The Kier molecular flexibility index (Phi) is 10.2. The van der Waals surface area contributed by atoms with Crippen LogP contribution in [0, 0.1) is 0 Å². The van der Waals surface area contributed by atoms with E-state index in [2.05, 4.69) is 22.1 Å². The number of halogens is 1. The average molecular weight is 461 g/mol. The number of aliphatic imine (C=N–C) groups is 1. The number of pyridine rings is 1. The Morgan fingerprint density at radius 1 is 1.24 bits per heavy atom. The lowest BCUT2D eigenvalue weighted by atomic mass is 10.3. The van der Waals surface area contributed by atoms with Crippen molar-refractivity contribution >= 4 is 36.0 Å². The lowest BCUT2D eigenvalue weighted by Crippen LogP contribution is -2.54. The average Bonchev–Trinajstić information content (AvgIpc) is 2.62. The van der Waals surface area contributed by atoms with Crippen molar-refractivity contribution in [3.05, 3.63) is 30.1 Å². The molecule has 0 atom stereocenters. The van der Waals surface area contributed by atoms with Gasteiger partial charge < -0.3 is 19.9 Å². The van der Waals surface area contributed by atoms with Gasteiger partial charge in [0.1, 0.15) is 0 Å². The second-order valence-electron chi connectivity index (χ2n) is 5.48. The summed E-state index contributed by atoms with van der Waals surface area (Å²) in [5.74, 6) is 0.900. The Morgan fingerprint density at radius 2 is 1.96 bits per heavy atom. The van der Waals surface area contributed by atoms with Crippen molar-refractivity contribution in [2.45, 2.75) is 20.3 Å². The first-order chi connectivity index (χ1) is 11.7. The van der Waals surface area contributed by atoms with Crippen molar-refractivity contribution in [3.63, 3.8) is 0 Å². The molecule has 1 N–H and O–H groups in total. The quantitative estimate of drug-likeness (QED) is 0.413. The summed E-state index contributed by atoms with van der Waals surface area (Å²) < 4.78 is 5.05. The van der Waals surface area contributed by atoms with E-state index in [0.717, 1.165) is 37.7 Å². The topological polar surface area (TPSA) is 70.1 Å². The summed E-state index contributed by atoms with van der Waals surface area (Å²) in [5.41, 5.74) is 1.05. The van der Waals surface area contributed by atoms with Gasteiger partial charge in [-0.05, 0) is 26.0 Å². The third kappa shape index (κ3) is 7.05. The number of guanidine groups is 1. The van der Waals surface area contributed by atoms with Crippen molar-refractivity contribution in [1.82, 2.24) is 20.1 Å². The highest BCUT2D eigenvalue weighted by Crippen LogP contribution is 2.05. The van der Waals surface area contributed by atoms with Gasteiger partial charge >= 0.3 is 6.09 Å². The minimum atomic E-state index is -0.228. The summed E-state index contributed by atoms with van der Waals surface area (Å²) in [6.07, 6.45) is 2.39. The molecule has 1 fully saturated rings. The van der Waals surface area contributed by atoms with Gasteiger partial charge in [-0.3, -0.25) is 9.98 Å². The molecular weight excluding hydrogens is 433 g/mol. The number of piperazine rings is 1. The van der Waals surface area contributed by atoms with Crippen LogP contribution in [0.25, 0.3) is 0 Å². The van der Waals surface area contributed by atoms with E-state index in [-0.39, 0.29) is 30.1 Å². The Bertz CT molecular complexity index is 533. The van der Waals surface area contributed by atoms with E-state index in [1.165, 1.54) is 0 Å². The molecule has 1 aliphatic rings. The molecular formula is C17H28IN5O2. The third-order valence-electron chi connectivity index (χ3n) is 3.80. The van der Waals surface area contributed by atoms with Gasteiger partial charge in [0.05, 0.1) is 6.61 Å². The number of ether oxygens (including phenoxy) is 1. The predicted octanol–water partition coefficient (Wildman–Crippen LogP) is 1.98. The number of hydrogen-bond donors (Lipinski definition) is 1. The second-order valence-corrected chi connectivity index (χ2v) is 5.48. The zero-order chi connectivity index (χ0) is 17.2. The molecule has 2 rings (SSSR count). The second kappa shape index (κ2) is 11.9. The minimum absolute atomic E-state index is 0. The van der Waals surface area contributed by atoms with Crippen LogP contribution in [-0.2, 0) is 11.2 Å². The molecule has 0 unspecified atom stereocenters. The summed E-state index contributed by atoms with van der Waals surface area (Å²) in [6, 6.07) is 5.92. The number of nitrogens with one attached hydrogen (secondary N) is 1. The summed E-state index contributed by atoms with van der Waals surface area (Å²) in [7, 11) is 0. The first-order valence-electron chi connectivity index (χ1n) is 8.59. The standard InChI is InChI=1S/C17H27N5O2.HI/c1-3-18-16(20-10-8-15-7-5-6-9-19-15)21-11-13-22(14-12-21)17(23)24-4-2;/h5-7,9H,3-4,8,10-14H2,1-2H3,(H,18,20);1H.